The van der Waals surface area contributed by atoms with Crippen molar-refractivity contribution < 1.29 is 9.21 Å². The SMILES string of the molecule is CC1CN(Cc2cocn2)c2ccccc2N(C)C1=O. The van der Waals surface area contributed by atoms with E-state index in [-0.39, 0.29) is 11.8 Å². The molecular weight excluding hydrogens is 254 g/mol. The fraction of sp³-hybridized carbons (Fsp3) is 0.333. The van der Waals surface area contributed by atoms with Gasteiger partial charge in [-0.25, -0.2) is 4.98 Å². The van der Waals surface area contributed by atoms with Crippen molar-refractivity contribution in [2.45, 2.75) is 13.5 Å². The minimum absolute atomic E-state index is 0.0562. The molecule has 0 N–H and O–H groups in total. The molecule has 104 valence electrons. The van der Waals surface area contributed by atoms with Crippen LogP contribution in [0.3, 0.4) is 0 Å². The van der Waals surface area contributed by atoms with Gasteiger partial charge in [0.05, 0.1) is 29.5 Å². The van der Waals surface area contributed by atoms with Crippen LogP contribution < -0.4 is 9.80 Å². The number of fused-ring (bicyclic) bond motifs is 1. The number of para-hydroxylation sites is 2. The van der Waals surface area contributed by atoms with E-state index < -0.39 is 0 Å². The highest BCUT2D eigenvalue weighted by Crippen LogP contribution is 2.33. The quantitative estimate of drug-likeness (QED) is 0.841. The molecule has 3 rings (SSSR count). The molecule has 1 aromatic carbocycles. The third-order valence-electron chi connectivity index (χ3n) is 3.67. The van der Waals surface area contributed by atoms with Crippen LogP contribution in [0.5, 0.6) is 0 Å². The summed E-state index contributed by atoms with van der Waals surface area (Å²) < 4.78 is 5.03. The summed E-state index contributed by atoms with van der Waals surface area (Å²) in [5.74, 6) is 0.0828. The summed E-state index contributed by atoms with van der Waals surface area (Å²) in [6, 6.07) is 7.95. The highest BCUT2D eigenvalue weighted by molar-refractivity contribution is 5.99. The van der Waals surface area contributed by atoms with Gasteiger partial charge in [0.25, 0.3) is 0 Å². The van der Waals surface area contributed by atoms with Crippen molar-refractivity contribution in [1.82, 2.24) is 4.98 Å². The Morgan fingerprint density at radius 2 is 2.10 bits per heavy atom. The number of oxazole rings is 1. The number of anilines is 2. The lowest BCUT2D eigenvalue weighted by molar-refractivity contribution is -0.121. The van der Waals surface area contributed by atoms with Crippen LogP contribution in [0, 0.1) is 5.92 Å². The van der Waals surface area contributed by atoms with Crippen LogP contribution in [0.4, 0.5) is 11.4 Å². The standard InChI is InChI=1S/C15H17N3O2/c1-11-7-18(8-12-9-20-10-16-12)14-6-4-3-5-13(14)17(2)15(11)19/h3-6,9-11H,7-8H2,1-2H3. The Morgan fingerprint density at radius 3 is 2.80 bits per heavy atom. The second kappa shape index (κ2) is 5.00. The molecular formula is C15H17N3O2. The first-order valence-electron chi connectivity index (χ1n) is 6.65. The zero-order valence-corrected chi connectivity index (χ0v) is 11.6. The number of carbonyl (C=O) groups excluding carboxylic acids is 1. The van der Waals surface area contributed by atoms with Crippen molar-refractivity contribution in [2.75, 3.05) is 23.4 Å². The molecule has 0 radical (unpaired) electrons. The van der Waals surface area contributed by atoms with Gasteiger partial charge in [-0.2, -0.15) is 0 Å². The molecule has 1 atom stereocenters. The van der Waals surface area contributed by atoms with Crippen LogP contribution in [-0.2, 0) is 11.3 Å². The van der Waals surface area contributed by atoms with Gasteiger partial charge in [-0.1, -0.05) is 19.1 Å². The largest absolute Gasteiger partial charge is 0.451 e. The Labute approximate surface area is 117 Å². The Hall–Kier alpha value is -2.30. The van der Waals surface area contributed by atoms with Gasteiger partial charge in [0.15, 0.2) is 6.39 Å². The average Bonchev–Trinajstić information content (AvgIpc) is 2.95. The van der Waals surface area contributed by atoms with Gasteiger partial charge in [0.1, 0.15) is 6.26 Å². The predicted octanol–water partition coefficient (Wildman–Crippen LogP) is 2.29. The van der Waals surface area contributed by atoms with Crippen molar-refractivity contribution in [1.29, 1.82) is 0 Å². The molecule has 0 bridgehead atoms. The summed E-state index contributed by atoms with van der Waals surface area (Å²) in [5.41, 5.74) is 2.85. The first-order valence-corrected chi connectivity index (χ1v) is 6.65. The molecule has 0 aliphatic carbocycles. The number of aromatic nitrogens is 1. The zero-order chi connectivity index (χ0) is 14.1. The van der Waals surface area contributed by atoms with E-state index in [1.165, 1.54) is 6.39 Å². The summed E-state index contributed by atoms with van der Waals surface area (Å²) in [7, 11) is 1.83. The number of hydrogen-bond donors (Lipinski definition) is 0. The normalized spacial score (nSPS) is 18.9. The molecule has 2 heterocycles. The van der Waals surface area contributed by atoms with Crippen LogP contribution in [0.25, 0.3) is 0 Å². The predicted molar refractivity (Wildman–Crippen MR) is 76.6 cm³/mol. The summed E-state index contributed by atoms with van der Waals surface area (Å²) in [6.07, 6.45) is 3.07. The van der Waals surface area contributed by atoms with Crippen molar-refractivity contribution in [3.63, 3.8) is 0 Å². The Balaban J connectivity index is 2.00. The van der Waals surface area contributed by atoms with E-state index in [4.69, 9.17) is 4.42 Å². The van der Waals surface area contributed by atoms with Crippen molar-refractivity contribution >= 4 is 17.3 Å². The first-order chi connectivity index (χ1) is 9.66. The molecule has 0 saturated heterocycles. The fourth-order valence-electron chi connectivity index (χ4n) is 2.63. The molecule has 20 heavy (non-hydrogen) atoms. The van der Waals surface area contributed by atoms with Gasteiger partial charge in [-0.15, -0.1) is 0 Å². The summed E-state index contributed by atoms with van der Waals surface area (Å²) in [4.78, 5) is 20.4. The topological polar surface area (TPSA) is 49.6 Å². The van der Waals surface area contributed by atoms with E-state index >= 15 is 0 Å². The molecule has 1 unspecified atom stereocenters. The van der Waals surface area contributed by atoms with E-state index in [9.17, 15) is 4.79 Å². The molecule has 5 heteroatoms. The summed E-state index contributed by atoms with van der Waals surface area (Å²) >= 11 is 0. The summed E-state index contributed by atoms with van der Waals surface area (Å²) in [5, 5.41) is 0. The number of hydrogen-bond acceptors (Lipinski definition) is 4. The molecule has 2 aromatic rings. The molecule has 1 aliphatic heterocycles. The molecule has 5 nitrogen and oxygen atoms in total. The number of benzene rings is 1. The molecule has 0 saturated carbocycles. The van der Waals surface area contributed by atoms with E-state index in [2.05, 4.69) is 9.88 Å². The van der Waals surface area contributed by atoms with Crippen molar-refractivity contribution in [2.24, 2.45) is 5.92 Å². The number of amides is 1. The molecule has 0 spiro atoms. The monoisotopic (exact) mass is 271 g/mol. The number of nitrogens with zero attached hydrogens (tertiary/aromatic N) is 3. The zero-order valence-electron chi connectivity index (χ0n) is 11.6. The van der Waals surface area contributed by atoms with E-state index in [0.29, 0.717) is 13.1 Å². The van der Waals surface area contributed by atoms with E-state index in [1.54, 1.807) is 11.2 Å². The van der Waals surface area contributed by atoms with Gasteiger partial charge in [0, 0.05) is 13.6 Å². The smallest absolute Gasteiger partial charge is 0.231 e. The minimum Gasteiger partial charge on any atom is -0.451 e. The van der Waals surface area contributed by atoms with E-state index in [0.717, 1.165) is 17.1 Å². The maximum atomic E-state index is 12.3. The van der Waals surface area contributed by atoms with E-state index in [1.807, 2.05) is 38.2 Å². The third-order valence-corrected chi connectivity index (χ3v) is 3.67. The molecule has 1 aliphatic rings. The fourth-order valence-corrected chi connectivity index (χ4v) is 2.63. The number of carbonyl (C=O) groups is 1. The summed E-state index contributed by atoms with van der Waals surface area (Å²) in [6.45, 7) is 3.27. The average molecular weight is 271 g/mol. The van der Waals surface area contributed by atoms with Gasteiger partial charge in [-0.3, -0.25) is 4.79 Å². The Bertz CT molecular complexity index is 609. The molecule has 0 fully saturated rings. The minimum atomic E-state index is -0.0562. The Morgan fingerprint density at radius 1 is 1.35 bits per heavy atom. The van der Waals surface area contributed by atoms with Crippen molar-refractivity contribution in [3.05, 3.63) is 42.6 Å². The van der Waals surface area contributed by atoms with Gasteiger partial charge in [-0.05, 0) is 12.1 Å². The van der Waals surface area contributed by atoms with Gasteiger partial charge in [0.2, 0.25) is 5.91 Å². The Kier molecular flexibility index (Phi) is 3.18. The lowest BCUT2D eigenvalue weighted by Gasteiger charge is -2.24. The third kappa shape index (κ3) is 2.15. The van der Waals surface area contributed by atoms with Crippen LogP contribution in [-0.4, -0.2) is 24.5 Å². The maximum Gasteiger partial charge on any atom is 0.231 e. The van der Waals surface area contributed by atoms with Crippen LogP contribution in [0.15, 0.2) is 41.3 Å². The number of rotatable bonds is 2. The molecule has 1 amide bonds. The second-order valence-electron chi connectivity index (χ2n) is 5.15. The first kappa shape index (κ1) is 12.7. The second-order valence-corrected chi connectivity index (χ2v) is 5.15. The van der Waals surface area contributed by atoms with Crippen LogP contribution in [0.1, 0.15) is 12.6 Å². The highest BCUT2D eigenvalue weighted by Gasteiger charge is 2.28. The van der Waals surface area contributed by atoms with Gasteiger partial charge >= 0.3 is 0 Å². The maximum absolute atomic E-state index is 12.3. The highest BCUT2D eigenvalue weighted by atomic mass is 16.3. The lowest BCUT2D eigenvalue weighted by atomic mass is 10.1. The molecule has 1 aromatic heterocycles. The van der Waals surface area contributed by atoms with Gasteiger partial charge < -0.3 is 14.2 Å². The van der Waals surface area contributed by atoms with Crippen molar-refractivity contribution in [3.8, 4) is 0 Å². The van der Waals surface area contributed by atoms with Crippen LogP contribution >= 0.6 is 0 Å². The lowest BCUT2D eigenvalue weighted by Crippen LogP contribution is -2.34. The van der Waals surface area contributed by atoms with Crippen LogP contribution in [0.2, 0.25) is 0 Å².